The van der Waals surface area contributed by atoms with Crippen LogP contribution in [0, 0.1) is 5.92 Å². The molecule has 2 fully saturated rings. The lowest BCUT2D eigenvalue weighted by Crippen LogP contribution is -2.62. The van der Waals surface area contributed by atoms with Gasteiger partial charge < -0.3 is 16.0 Å². The second kappa shape index (κ2) is 6.98. The maximum absolute atomic E-state index is 12.9. The molecular formula is C17H25N3O3S2. The van der Waals surface area contributed by atoms with Crippen molar-refractivity contribution in [1.82, 2.24) is 10.6 Å². The monoisotopic (exact) mass is 383 g/mol. The van der Waals surface area contributed by atoms with Crippen molar-refractivity contribution in [2.24, 2.45) is 5.92 Å². The summed E-state index contributed by atoms with van der Waals surface area (Å²) in [5.41, 5.74) is 2.47. The highest BCUT2D eigenvalue weighted by Gasteiger charge is 2.39. The first kappa shape index (κ1) is 17.5. The van der Waals surface area contributed by atoms with E-state index in [0.29, 0.717) is 24.8 Å². The molecule has 8 heteroatoms. The second-order valence-corrected chi connectivity index (χ2v) is 11.2. The van der Waals surface area contributed by atoms with Crippen molar-refractivity contribution >= 4 is 26.3 Å². The molecule has 5 unspecified atom stereocenters. The fourth-order valence-corrected chi connectivity index (χ4v) is 7.51. The van der Waals surface area contributed by atoms with Crippen molar-refractivity contribution in [2.75, 3.05) is 42.2 Å². The number of sulfone groups is 1. The molecule has 0 aliphatic carbocycles. The maximum atomic E-state index is 12.9. The quantitative estimate of drug-likeness (QED) is 0.653. The van der Waals surface area contributed by atoms with E-state index in [-0.39, 0.29) is 28.8 Å². The number of rotatable bonds is 2. The summed E-state index contributed by atoms with van der Waals surface area (Å²) in [6, 6.07) is 8.14. The number of fused-ring (bicyclic) bond motifs is 1. The molecule has 3 heterocycles. The molecule has 4 rings (SSSR count). The number of anilines is 1. The van der Waals surface area contributed by atoms with Gasteiger partial charge in [0.05, 0.1) is 16.8 Å². The number of nitrogens with one attached hydrogen (secondary N) is 3. The fraction of sp³-hybridized carbons (Fsp3) is 0.647. The van der Waals surface area contributed by atoms with Crippen LogP contribution in [0.3, 0.4) is 0 Å². The summed E-state index contributed by atoms with van der Waals surface area (Å²) in [5.74, 6) is 1.21. The van der Waals surface area contributed by atoms with E-state index in [4.69, 9.17) is 0 Å². The van der Waals surface area contributed by atoms with Gasteiger partial charge in [0.25, 0.3) is 0 Å². The smallest absolute Gasteiger partial charge is 0.153 e. The predicted octanol–water partition coefficient (Wildman–Crippen LogP) is -0.253. The van der Waals surface area contributed by atoms with Gasteiger partial charge >= 0.3 is 0 Å². The average molecular weight is 384 g/mol. The topological polar surface area (TPSA) is 87.3 Å². The van der Waals surface area contributed by atoms with E-state index in [1.165, 1.54) is 11.3 Å². The van der Waals surface area contributed by atoms with Gasteiger partial charge in [-0.15, -0.1) is 0 Å². The van der Waals surface area contributed by atoms with Gasteiger partial charge in [0.15, 0.2) is 9.84 Å². The summed E-state index contributed by atoms with van der Waals surface area (Å²) in [6.45, 7) is 2.02. The minimum atomic E-state index is -2.98. The summed E-state index contributed by atoms with van der Waals surface area (Å²) in [5, 5.41) is 10.3. The molecule has 3 aliphatic rings. The van der Waals surface area contributed by atoms with Gasteiger partial charge in [0.2, 0.25) is 0 Å². The van der Waals surface area contributed by atoms with Crippen LogP contribution in [-0.2, 0) is 27.1 Å². The Hall–Kier alpha value is -0.960. The lowest BCUT2D eigenvalue weighted by atomic mass is 9.91. The minimum Gasteiger partial charge on any atom is -0.384 e. The van der Waals surface area contributed by atoms with Crippen molar-refractivity contribution in [2.45, 2.75) is 23.8 Å². The number of para-hydroxylation sites is 1. The molecule has 3 aliphatic heterocycles. The van der Waals surface area contributed by atoms with Gasteiger partial charge in [-0.25, -0.2) is 8.42 Å². The highest BCUT2D eigenvalue weighted by Crippen LogP contribution is 2.29. The molecule has 2 saturated heterocycles. The zero-order chi connectivity index (χ0) is 17.4. The highest BCUT2D eigenvalue weighted by molar-refractivity contribution is 7.91. The van der Waals surface area contributed by atoms with Crippen LogP contribution in [0.25, 0.3) is 0 Å². The van der Waals surface area contributed by atoms with E-state index < -0.39 is 20.6 Å². The molecule has 0 spiro atoms. The number of hydrogen-bond donors (Lipinski definition) is 3. The van der Waals surface area contributed by atoms with Crippen LogP contribution < -0.4 is 16.0 Å². The number of hydrogen-bond acceptors (Lipinski definition) is 6. The molecule has 0 bridgehead atoms. The molecule has 0 saturated carbocycles. The van der Waals surface area contributed by atoms with Crippen molar-refractivity contribution in [3.05, 3.63) is 29.8 Å². The third-order valence-corrected chi connectivity index (χ3v) is 9.19. The molecule has 138 valence electrons. The van der Waals surface area contributed by atoms with Crippen molar-refractivity contribution in [3.63, 3.8) is 0 Å². The van der Waals surface area contributed by atoms with Crippen LogP contribution in [0.1, 0.15) is 5.56 Å². The molecule has 3 N–H and O–H groups in total. The van der Waals surface area contributed by atoms with Gasteiger partial charge in [0.1, 0.15) is 0 Å². The van der Waals surface area contributed by atoms with Gasteiger partial charge in [-0.1, -0.05) is 18.2 Å². The summed E-state index contributed by atoms with van der Waals surface area (Å²) < 4.78 is 36.6. The summed E-state index contributed by atoms with van der Waals surface area (Å²) in [6.07, 6.45) is 0.946. The van der Waals surface area contributed by atoms with Crippen molar-refractivity contribution in [1.29, 1.82) is 0 Å². The Morgan fingerprint density at radius 1 is 1.08 bits per heavy atom. The van der Waals surface area contributed by atoms with E-state index in [0.717, 1.165) is 13.0 Å². The molecule has 25 heavy (non-hydrogen) atoms. The Bertz CT molecular complexity index is 768. The van der Waals surface area contributed by atoms with Crippen LogP contribution in [0.4, 0.5) is 5.69 Å². The Morgan fingerprint density at radius 3 is 2.72 bits per heavy atom. The minimum absolute atomic E-state index is 0.0315. The third kappa shape index (κ3) is 3.77. The van der Waals surface area contributed by atoms with Gasteiger partial charge in [-0.3, -0.25) is 4.21 Å². The second-order valence-electron chi connectivity index (χ2n) is 7.28. The van der Waals surface area contributed by atoms with Crippen LogP contribution in [0.2, 0.25) is 0 Å². The average Bonchev–Trinajstić information content (AvgIpc) is 2.60. The van der Waals surface area contributed by atoms with E-state index in [1.54, 1.807) is 0 Å². The Kier molecular flexibility index (Phi) is 4.87. The zero-order valence-corrected chi connectivity index (χ0v) is 15.7. The van der Waals surface area contributed by atoms with E-state index >= 15 is 0 Å². The normalized spacial score (nSPS) is 37.7. The van der Waals surface area contributed by atoms with Crippen molar-refractivity contribution < 1.29 is 12.6 Å². The van der Waals surface area contributed by atoms with Crippen LogP contribution in [-0.4, -0.2) is 66.9 Å². The van der Waals surface area contributed by atoms with Crippen molar-refractivity contribution in [3.8, 4) is 0 Å². The summed E-state index contributed by atoms with van der Waals surface area (Å²) in [7, 11) is -3.92. The maximum Gasteiger partial charge on any atom is 0.153 e. The fourth-order valence-electron chi connectivity index (χ4n) is 4.16. The third-order valence-electron chi connectivity index (χ3n) is 5.58. The highest BCUT2D eigenvalue weighted by atomic mass is 32.2. The van der Waals surface area contributed by atoms with Crippen LogP contribution in [0.15, 0.2) is 24.3 Å². The van der Waals surface area contributed by atoms with E-state index in [2.05, 4.69) is 28.1 Å². The standard InChI is InChI=1S/C17H25N3O3S2/c21-24-10-15(16-11-25(22,23)6-5-18-16)20-9-17(24)13-7-12-3-1-2-4-14(12)19-8-13/h1-4,13,15-20H,5-11H2. The lowest BCUT2D eigenvalue weighted by molar-refractivity contribution is 0.371. The first-order valence-corrected chi connectivity index (χ1v) is 12.1. The Balaban J connectivity index is 1.40. The molecular weight excluding hydrogens is 358 g/mol. The summed E-state index contributed by atoms with van der Waals surface area (Å²) >= 11 is 0. The van der Waals surface area contributed by atoms with E-state index in [9.17, 15) is 12.6 Å². The van der Waals surface area contributed by atoms with Gasteiger partial charge in [-0.2, -0.15) is 0 Å². The molecule has 0 aromatic heterocycles. The predicted molar refractivity (Wildman–Crippen MR) is 101 cm³/mol. The Morgan fingerprint density at radius 2 is 1.92 bits per heavy atom. The largest absolute Gasteiger partial charge is 0.384 e. The lowest BCUT2D eigenvalue weighted by Gasteiger charge is -2.40. The van der Waals surface area contributed by atoms with Gasteiger partial charge in [-0.05, 0) is 24.0 Å². The Labute approximate surface area is 151 Å². The molecule has 0 radical (unpaired) electrons. The zero-order valence-electron chi connectivity index (χ0n) is 14.1. The molecule has 1 aromatic rings. The first-order chi connectivity index (χ1) is 12.0. The van der Waals surface area contributed by atoms with Crippen LogP contribution in [0.5, 0.6) is 0 Å². The van der Waals surface area contributed by atoms with Crippen LogP contribution >= 0.6 is 0 Å². The molecule has 0 amide bonds. The van der Waals surface area contributed by atoms with E-state index in [1.807, 2.05) is 12.1 Å². The van der Waals surface area contributed by atoms with Gasteiger partial charge in [0, 0.05) is 54.0 Å². The SMILES string of the molecule is O=S1CC(C2CS(=O)(=O)CCN2)NCC1C1CNc2ccccc2C1. The molecule has 5 atom stereocenters. The molecule has 6 nitrogen and oxygen atoms in total. The first-order valence-electron chi connectivity index (χ1n) is 8.88. The number of benzene rings is 1. The molecule has 1 aromatic carbocycles. The summed E-state index contributed by atoms with van der Waals surface area (Å²) in [4.78, 5) is 0.